The SMILES string of the molecule is Nc1c(N)n(C2CCCO2)c(=O)[nH]c1=O. The molecule has 1 atom stereocenters. The Kier molecular flexibility index (Phi) is 2.24. The van der Waals surface area contributed by atoms with Gasteiger partial charge in [-0.15, -0.1) is 0 Å². The minimum absolute atomic E-state index is 0.0318. The molecule has 1 aromatic heterocycles. The maximum Gasteiger partial charge on any atom is 0.332 e. The Hall–Kier alpha value is -1.76. The van der Waals surface area contributed by atoms with Crippen molar-refractivity contribution in [1.29, 1.82) is 0 Å². The molecule has 0 aromatic carbocycles. The fourth-order valence-corrected chi connectivity index (χ4v) is 1.63. The molecular weight excluding hydrogens is 200 g/mol. The molecular formula is C8H12N4O3. The number of aromatic nitrogens is 2. The molecule has 15 heavy (non-hydrogen) atoms. The van der Waals surface area contributed by atoms with E-state index in [1.165, 1.54) is 4.57 Å². The second-order valence-electron chi connectivity index (χ2n) is 3.40. The van der Waals surface area contributed by atoms with Gasteiger partial charge in [0.15, 0.2) is 0 Å². The van der Waals surface area contributed by atoms with Crippen molar-refractivity contribution in [1.82, 2.24) is 9.55 Å². The summed E-state index contributed by atoms with van der Waals surface area (Å²) < 4.78 is 6.49. The third-order valence-electron chi connectivity index (χ3n) is 2.41. The zero-order valence-corrected chi connectivity index (χ0v) is 8.03. The van der Waals surface area contributed by atoms with E-state index in [0.29, 0.717) is 13.0 Å². The van der Waals surface area contributed by atoms with Gasteiger partial charge >= 0.3 is 5.69 Å². The maximum absolute atomic E-state index is 11.5. The highest BCUT2D eigenvalue weighted by molar-refractivity contribution is 5.56. The number of nitrogens with one attached hydrogen (secondary N) is 1. The molecule has 1 saturated heterocycles. The number of hydrogen-bond acceptors (Lipinski definition) is 5. The van der Waals surface area contributed by atoms with E-state index in [1.807, 2.05) is 0 Å². The van der Waals surface area contributed by atoms with Crippen LogP contribution in [0.15, 0.2) is 9.59 Å². The van der Waals surface area contributed by atoms with Gasteiger partial charge in [0.1, 0.15) is 17.7 Å². The summed E-state index contributed by atoms with van der Waals surface area (Å²) in [5, 5.41) is 0. The molecule has 0 bridgehead atoms. The number of aromatic amines is 1. The molecule has 0 amide bonds. The molecule has 5 N–H and O–H groups in total. The Balaban J connectivity index is 2.60. The van der Waals surface area contributed by atoms with Crippen LogP contribution in [0.1, 0.15) is 19.1 Å². The lowest BCUT2D eigenvalue weighted by molar-refractivity contribution is 0.0546. The van der Waals surface area contributed by atoms with Gasteiger partial charge in [0.2, 0.25) is 0 Å². The smallest absolute Gasteiger partial charge is 0.332 e. The minimum atomic E-state index is -0.660. The van der Waals surface area contributed by atoms with Crippen molar-refractivity contribution < 1.29 is 4.74 Å². The van der Waals surface area contributed by atoms with Crippen molar-refractivity contribution in [3.63, 3.8) is 0 Å². The van der Waals surface area contributed by atoms with Gasteiger partial charge in [-0.3, -0.25) is 14.3 Å². The molecule has 1 aromatic rings. The average Bonchev–Trinajstić information content (AvgIpc) is 2.68. The Morgan fingerprint density at radius 1 is 1.40 bits per heavy atom. The fourth-order valence-electron chi connectivity index (χ4n) is 1.63. The molecule has 7 nitrogen and oxygen atoms in total. The highest BCUT2D eigenvalue weighted by Crippen LogP contribution is 2.24. The Bertz CT molecular complexity index is 484. The van der Waals surface area contributed by atoms with E-state index < -0.39 is 17.5 Å². The molecule has 1 aliphatic heterocycles. The van der Waals surface area contributed by atoms with Crippen LogP contribution in [0.4, 0.5) is 11.5 Å². The molecule has 1 unspecified atom stereocenters. The van der Waals surface area contributed by atoms with Gasteiger partial charge in [-0.1, -0.05) is 0 Å². The number of nitrogens with two attached hydrogens (primary N) is 2. The maximum atomic E-state index is 11.5. The standard InChI is InChI=1S/C8H12N4O3/c9-5-6(10)12(4-2-1-3-15-4)8(14)11-7(5)13/h4H,1-3,9-10H2,(H,11,13,14). The first-order valence-electron chi connectivity index (χ1n) is 4.62. The van der Waals surface area contributed by atoms with E-state index >= 15 is 0 Å². The van der Waals surface area contributed by atoms with Crippen LogP contribution in [0.5, 0.6) is 0 Å². The predicted octanol–water partition coefficient (Wildman–Crippen LogP) is -0.990. The van der Waals surface area contributed by atoms with Crippen LogP contribution < -0.4 is 22.7 Å². The molecule has 1 fully saturated rings. The monoisotopic (exact) mass is 212 g/mol. The summed E-state index contributed by atoms with van der Waals surface area (Å²) in [6.07, 6.45) is 1.13. The van der Waals surface area contributed by atoms with Crippen LogP contribution in [-0.2, 0) is 4.74 Å². The Morgan fingerprint density at radius 2 is 2.13 bits per heavy atom. The van der Waals surface area contributed by atoms with Gasteiger partial charge in [0.05, 0.1) is 0 Å². The number of hydrogen-bond donors (Lipinski definition) is 3. The normalized spacial score (nSPS) is 20.7. The molecule has 0 spiro atoms. The largest absolute Gasteiger partial charge is 0.391 e. The Morgan fingerprint density at radius 3 is 2.73 bits per heavy atom. The lowest BCUT2D eigenvalue weighted by Gasteiger charge is -2.15. The minimum Gasteiger partial charge on any atom is -0.391 e. The highest BCUT2D eigenvalue weighted by atomic mass is 16.5. The summed E-state index contributed by atoms with van der Waals surface area (Å²) >= 11 is 0. The fraction of sp³-hybridized carbons (Fsp3) is 0.500. The van der Waals surface area contributed by atoms with E-state index in [1.54, 1.807) is 0 Å². The lowest BCUT2D eigenvalue weighted by atomic mass is 10.3. The molecule has 2 rings (SSSR count). The van der Waals surface area contributed by atoms with Crippen LogP contribution >= 0.6 is 0 Å². The third-order valence-corrected chi connectivity index (χ3v) is 2.41. The summed E-state index contributed by atoms with van der Waals surface area (Å²) in [6, 6.07) is 0. The van der Waals surface area contributed by atoms with Gasteiger partial charge in [-0.05, 0) is 12.8 Å². The number of ether oxygens (including phenoxy) is 1. The van der Waals surface area contributed by atoms with Crippen molar-refractivity contribution in [2.24, 2.45) is 0 Å². The van der Waals surface area contributed by atoms with Crippen LogP contribution in [0.3, 0.4) is 0 Å². The highest BCUT2D eigenvalue weighted by Gasteiger charge is 2.22. The Labute approximate surface area is 84.7 Å². The van der Waals surface area contributed by atoms with Gasteiger partial charge < -0.3 is 16.2 Å². The molecule has 0 radical (unpaired) electrons. The van der Waals surface area contributed by atoms with Crippen molar-refractivity contribution >= 4 is 11.5 Å². The number of rotatable bonds is 1. The van der Waals surface area contributed by atoms with Crippen LogP contribution in [-0.4, -0.2) is 16.2 Å². The average molecular weight is 212 g/mol. The van der Waals surface area contributed by atoms with Crippen molar-refractivity contribution in [2.45, 2.75) is 19.1 Å². The van der Waals surface area contributed by atoms with E-state index in [-0.39, 0.29) is 11.5 Å². The first kappa shape index (κ1) is 9.78. The lowest BCUT2D eigenvalue weighted by Crippen LogP contribution is -2.35. The number of H-pyrrole nitrogens is 1. The number of nitrogen functional groups attached to an aromatic ring is 2. The zero-order chi connectivity index (χ0) is 11.0. The van der Waals surface area contributed by atoms with Gasteiger partial charge in [-0.25, -0.2) is 4.79 Å². The summed E-state index contributed by atoms with van der Waals surface area (Å²) in [5.74, 6) is -0.0318. The second-order valence-corrected chi connectivity index (χ2v) is 3.40. The molecule has 0 aliphatic carbocycles. The third kappa shape index (κ3) is 1.50. The number of anilines is 2. The van der Waals surface area contributed by atoms with Crippen molar-refractivity contribution in [2.75, 3.05) is 18.1 Å². The summed E-state index contributed by atoms with van der Waals surface area (Å²) in [4.78, 5) is 24.7. The van der Waals surface area contributed by atoms with E-state index in [0.717, 1.165) is 6.42 Å². The summed E-state index contributed by atoms with van der Waals surface area (Å²) in [5.41, 5.74) is 9.64. The second kappa shape index (κ2) is 3.43. The van der Waals surface area contributed by atoms with Crippen LogP contribution in [0.25, 0.3) is 0 Å². The van der Waals surface area contributed by atoms with Gasteiger partial charge in [0.25, 0.3) is 5.56 Å². The molecule has 0 saturated carbocycles. The van der Waals surface area contributed by atoms with Crippen LogP contribution in [0, 0.1) is 0 Å². The molecule has 82 valence electrons. The van der Waals surface area contributed by atoms with Crippen molar-refractivity contribution in [3.05, 3.63) is 20.8 Å². The molecule has 2 heterocycles. The predicted molar refractivity (Wildman–Crippen MR) is 54.4 cm³/mol. The quantitative estimate of drug-likeness (QED) is 0.552. The number of nitrogens with zero attached hydrogens (tertiary/aromatic N) is 1. The van der Waals surface area contributed by atoms with Crippen molar-refractivity contribution in [3.8, 4) is 0 Å². The molecule has 1 aliphatic rings. The van der Waals surface area contributed by atoms with Gasteiger partial charge in [-0.2, -0.15) is 0 Å². The molecule has 7 heteroatoms. The topological polar surface area (TPSA) is 116 Å². The van der Waals surface area contributed by atoms with Crippen LogP contribution in [0.2, 0.25) is 0 Å². The first-order valence-corrected chi connectivity index (χ1v) is 4.62. The summed E-state index contributed by atoms with van der Waals surface area (Å²) in [6.45, 7) is 0.579. The first-order chi connectivity index (χ1) is 7.11. The van der Waals surface area contributed by atoms with Gasteiger partial charge in [0, 0.05) is 6.61 Å². The zero-order valence-electron chi connectivity index (χ0n) is 8.03. The van der Waals surface area contributed by atoms with E-state index in [9.17, 15) is 9.59 Å². The van der Waals surface area contributed by atoms with E-state index in [2.05, 4.69) is 4.98 Å². The summed E-state index contributed by atoms with van der Waals surface area (Å²) in [7, 11) is 0. The van der Waals surface area contributed by atoms with E-state index in [4.69, 9.17) is 16.2 Å².